The second kappa shape index (κ2) is 5.32. The first-order chi connectivity index (χ1) is 8.61. The summed E-state index contributed by atoms with van der Waals surface area (Å²) in [5.41, 5.74) is 1.97. The smallest absolute Gasteiger partial charge is 0.162 e. The van der Waals surface area contributed by atoms with Gasteiger partial charge in [-0.3, -0.25) is 4.79 Å². The average molecular weight is 263 g/mol. The number of halogens is 2. The van der Waals surface area contributed by atoms with E-state index in [1.807, 2.05) is 13.0 Å². The summed E-state index contributed by atoms with van der Waals surface area (Å²) in [6.45, 7) is 1.81. The molecular weight excluding hydrogens is 251 g/mol. The van der Waals surface area contributed by atoms with Crippen LogP contribution in [0.5, 0.6) is 0 Å². The molecule has 0 aromatic heterocycles. The first kappa shape index (κ1) is 12.8. The summed E-state index contributed by atoms with van der Waals surface area (Å²) in [5, 5.41) is 0.470. The lowest BCUT2D eigenvalue weighted by Crippen LogP contribution is -1.96. The second-order valence-corrected chi connectivity index (χ2v) is 4.39. The SMILES string of the molecule is CCC(=O)c1cccc(-c2cc(F)ccc2Cl)c1. The van der Waals surface area contributed by atoms with Gasteiger partial charge in [0.2, 0.25) is 0 Å². The van der Waals surface area contributed by atoms with Gasteiger partial charge < -0.3 is 0 Å². The van der Waals surface area contributed by atoms with Crippen LogP contribution in [0.15, 0.2) is 42.5 Å². The molecule has 0 unspecified atom stereocenters. The van der Waals surface area contributed by atoms with Gasteiger partial charge in [0.1, 0.15) is 5.82 Å². The number of ketones is 1. The minimum Gasteiger partial charge on any atom is -0.294 e. The number of hydrogen-bond acceptors (Lipinski definition) is 1. The molecule has 0 aliphatic rings. The molecule has 0 aliphatic carbocycles. The van der Waals surface area contributed by atoms with Crippen molar-refractivity contribution in [2.24, 2.45) is 0 Å². The van der Waals surface area contributed by atoms with Gasteiger partial charge in [0, 0.05) is 22.6 Å². The molecule has 1 nitrogen and oxygen atoms in total. The highest BCUT2D eigenvalue weighted by atomic mass is 35.5. The Balaban J connectivity index is 2.51. The van der Waals surface area contributed by atoms with Crippen LogP contribution >= 0.6 is 11.6 Å². The molecular formula is C15H12ClFO. The van der Waals surface area contributed by atoms with E-state index in [1.165, 1.54) is 18.2 Å². The number of hydrogen-bond donors (Lipinski definition) is 0. The zero-order valence-corrected chi connectivity index (χ0v) is 10.7. The highest BCUT2D eigenvalue weighted by molar-refractivity contribution is 6.33. The van der Waals surface area contributed by atoms with Crippen LogP contribution in [0.2, 0.25) is 5.02 Å². The van der Waals surface area contributed by atoms with Crippen molar-refractivity contribution in [3.05, 3.63) is 58.9 Å². The van der Waals surface area contributed by atoms with Crippen molar-refractivity contribution in [3.8, 4) is 11.1 Å². The monoisotopic (exact) mass is 262 g/mol. The molecule has 0 saturated carbocycles. The van der Waals surface area contributed by atoms with E-state index in [2.05, 4.69) is 0 Å². The summed E-state index contributed by atoms with van der Waals surface area (Å²) in [6.07, 6.45) is 0.445. The van der Waals surface area contributed by atoms with Gasteiger partial charge in [0.05, 0.1) is 0 Å². The largest absolute Gasteiger partial charge is 0.294 e. The maximum Gasteiger partial charge on any atom is 0.162 e. The predicted octanol–water partition coefficient (Wildman–Crippen LogP) is 4.74. The molecule has 0 N–H and O–H groups in total. The quantitative estimate of drug-likeness (QED) is 0.730. The Morgan fingerprint density at radius 2 is 2.00 bits per heavy atom. The summed E-state index contributed by atoms with van der Waals surface area (Å²) in [4.78, 5) is 11.6. The molecule has 0 fully saturated rings. The first-order valence-corrected chi connectivity index (χ1v) is 6.08. The zero-order chi connectivity index (χ0) is 13.1. The van der Waals surface area contributed by atoms with Crippen LogP contribution in [0.25, 0.3) is 11.1 Å². The van der Waals surface area contributed by atoms with E-state index in [9.17, 15) is 9.18 Å². The molecule has 0 heterocycles. The lowest BCUT2D eigenvalue weighted by Gasteiger charge is -2.06. The molecule has 0 atom stereocenters. The normalized spacial score (nSPS) is 10.4. The van der Waals surface area contributed by atoms with Gasteiger partial charge in [0.25, 0.3) is 0 Å². The molecule has 0 aliphatic heterocycles. The fraction of sp³-hybridized carbons (Fsp3) is 0.133. The van der Waals surface area contributed by atoms with Crippen LogP contribution in [-0.2, 0) is 0 Å². The Morgan fingerprint density at radius 1 is 1.22 bits per heavy atom. The summed E-state index contributed by atoms with van der Waals surface area (Å²) >= 11 is 6.04. The van der Waals surface area contributed by atoms with E-state index in [0.29, 0.717) is 22.6 Å². The third-order valence-electron chi connectivity index (χ3n) is 2.75. The molecule has 3 heteroatoms. The molecule has 92 valence electrons. The van der Waals surface area contributed by atoms with Gasteiger partial charge >= 0.3 is 0 Å². The predicted molar refractivity (Wildman–Crippen MR) is 71.5 cm³/mol. The third kappa shape index (κ3) is 2.59. The summed E-state index contributed by atoms with van der Waals surface area (Å²) in [6, 6.07) is 11.3. The van der Waals surface area contributed by atoms with E-state index in [4.69, 9.17) is 11.6 Å². The van der Waals surface area contributed by atoms with Gasteiger partial charge in [0.15, 0.2) is 5.78 Å². The van der Waals surface area contributed by atoms with Crippen LogP contribution in [-0.4, -0.2) is 5.78 Å². The van der Waals surface area contributed by atoms with E-state index in [-0.39, 0.29) is 11.6 Å². The van der Waals surface area contributed by atoms with Crippen LogP contribution in [0.3, 0.4) is 0 Å². The van der Waals surface area contributed by atoms with Crippen molar-refractivity contribution in [1.82, 2.24) is 0 Å². The van der Waals surface area contributed by atoms with E-state index in [1.54, 1.807) is 18.2 Å². The summed E-state index contributed by atoms with van der Waals surface area (Å²) in [7, 11) is 0. The Morgan fingerprint density at radius 3 is 2.72 bits per heavy atom. The van der Waals surface area contributed by atoms with Crippen molar-refractivity contribution < 1.29 is 9.18 Å². The van der Waals surface area contributed by atoms with Crippen LogP contribution < -0.4 is 0 Å². The Hall–Kier alpha value is -1.67. The number of rotatable bonds is 3. The Kier molecular flexibility index (Phi) is 3.78. The molecule has 0 spiro atoms. The lowest BCUT2D eigenvalue weighted by atomic mass is 10.0. The molecule has 2 aromatic carbocycles. The molecule has 0 amide bonds. The van der Waals surface area contributed by atoms with Crippen LogP contribution in [0.4, 0.5) is 4.39 Å². The fourth-order valence-corrected chi connectivity index (χ4v) is 2.01. The lowest BCUT2D eigenvalue weighted by molar-refractivity contribution is 0.0988. The Bertz CT molecular complexity index is 593. The van der Waals surface area contributed by atoms with Crippen molar-refractivity contribution in [2.75, 3.05) is 0 Å². The van der Waals surface area contributed by atoms with Crippen LogP contribution in [0, 0.1) is 5.82 Å². The van der Waals surface area contributed by atoms with Gasteiger partial charge in [-0.05, 0) is 29.8 Å². The molecule has 0 bridgehead atoms. The van der Waals surface area contributed by atoms with Gasteiger partial charge in [-0.25, -0.2) is 4.39 Å². The highest BCUT2D eigenvalue weighted by Crippen LogP contribution is 2.29. The molecule has 0 radical (unpaired) electrons. The molecule has 0 saturated heterocycles. The minimum absolute atomic E-state index is 0.0596. The highest BCUT2D eigenvalue weighted by Gasteiger charge is 2.08. The fourth-order valence-electron chi connectivity index (χ4n) is 1.78. The zero-order valence-electron chi connectivity index (χ0n) is 9.91. The first-order valence-electron chi connectivity index (χ1n) is 5.70. The maximum atomic E-state index is 13.2. The number of carbonyl (C=O) groups is 1. The van der Waals surface area contributed by atoms with Crippen molar-refractivity contribution in [2.45, 2.75) is 13.3 Å². The molecule has 2 rings (SSSR count). The van der Waals surface area contributed by atoms with E-state index in [0.717, 1.165) is 5.56 Å². The standard InChI is InChI=1S/C15H12ClFO/c1-2-15(18)11-5-3-4-10(8-11)13-9-12(17)6-7-14(13)16/h3-9H,2H2,1H3. The number of benzene rings is 2. The minimum atomic E-state index is -0.346. The summed E-state index contributed by atoms with van der Waals surface area (Å²) < 4.78 is 13.2. The van der Waals surface area contributed by atoms with Gasteiger partial charge in [-0.15, -0.1) is 0 Å². The molecule has 18 heavy (non-hydrogen) atoms. The molecule has 2 aromatic rings. The second-order valence-electron chi connectivity index (χ2n) is 3.98. The van der Waals surface area contributed by atoms with Gasteiger partial charge in [-0.1, -0.05) is 36.7 Å². The van der Waals surface area contributed by atoms with Crippen molar-refractivity contribution in [1.29, 1.82) is 0 Å². The third-order valence-corrected chi connectivity index (χ3v) is 3.07. The number of carbonyl (C=O) groups excluding carboxylic acids is 1. The average Bonchev–Trinajstić information content (AvgIpc) is 2.40. The van der Waals surface area contributed by atoms with Gasteiger partial charge in [-0.2, -0.15) is 0 Å². The van der Waals surface area contributed by atoms with E-state index < -0.39 is 0 Å². The number of Topliss-reactive ketones (excluding diaryl/α,β-unsaturated/α-hetero) is 1. The van der Waals surface area contributed by atoms with Crippen molar-refractivity contribution >= 4 is 17.4 Å². The van der Waals surface area contributed by atoms with E-state index >= 15 is 0 Å². The Labute approximate surface area is 110 Å². The van der Waals surface area contributed by atoms with Crippen LogP contribution in [0.1, 0.15) is 23.7 Å². The maximum absolute atomic E-state index is 13.2. The topological polar surface area (TPSA) is 17.1 Å². The summed E-state index contributed by atoms with van der Waals surface area (Å²) in [5.74, 6) is -0.286. The van der Waals surface area contributed by atoms with Crippen molar-refractivity contribution in [3.63, 3.8) is 0 Å².